The number of nitrogens with zero attached hydrogens (tertiary/aromatic N) is 2. The fourth-order valence-electron chi connectivity index (χ4n) is 13.1. The molecule has 0 unspecified atom stereocenters. The zero-order chi connectivity index (χ0) is 53.6. The van der Waals surface area contributed by atoms with Crippen molar-refractivity contribution in [1.29, 1.82) is 0 Å². The molecule has 3 fully saturated rings. The molecule has 2 aromatic rings. The number of likely N-dealkylation sites (N-methyl/N-ethyl adjacent to an activating group) is 1. The van der Waals surface area contributed by atoms with Gasteiger partial charge in [0.1, 0.15) is 23.9 Å². The van der Waals surface area contributed by atoms with Gasteiger partial charge in [-0.1, -0.05) is 115 Å². The van der Waals surface area contributed by atoms with E-state index in [1.165, 1.54) is 42.7 Å². The van der Waals surface area contributed by atoms with Gasteiger partial charge in [-0.25, -0.2) is 8.78 Å². The number of carbonyl (C=O) groups is 1. The van der Waals surface area contributed by atoms with Crippen LogP contribution in [0.15, 0.2) is 60.7 Å². The van der Waals surface area contributed by atoms with Crippen molar-refractivity contribution in [2.24, 2.45) is 17.8 Å². The highest BCUT2D eigenvalue weighted by Crippen LogP contribution is 2.65. The van der Waals surface area contributed by atoms with Crippen LogP contribution in [0.4, 0.5) is 8.78 Å². The van der Waals surface area contributed by atoms with Gasteiger partial charge in [0.15, 0.2) is 6.29 Å². The van der Waals surface area contributed by atoms with Crippen molar-refractivity contribution in [3.8, 4) is 0 Å². The van der Waals surface area contributed by atoms with Gasteiger partial charge < -0.3 is 39.5 Å². The molecule has 2 aliphatic heterocycles. The molecule has 1 aliphatic carbocycles. The molecule has 10 nitrogen and oxygen atoms in total. The van der Waals surface area contributed by atoms with Gasteiger partial charge in [-0.3, -0.25) is 9.69 Å². The van der Waals surface area contributed by atoms with E-state index in [2.05, 4.69) is 72.5 Å². The quantitative estimate of drug-likeness (QED) is 0.0544. The predicted molar refractivity (Wildman–Crippen MR) is 294 cm³/mol. The molecular weight excluding hydrogens is 946 g/mol. The van der Waals surface area contributed by atoms with Crippen LogP contribution in [-0.4, -0.2) is 141 Å². The van der Waals surface area contributed by atoms with Crippen LogP contribution in [-0.2, 0) is 19.0 Å². The van der Waals surface area contributed by atoms with Gasteiger partial charge in [-0.15, -0.1) is 0 Å². The third kappa shape index (κ3) is 16.9. The topological polar surface area (TPSA) is 132 Å². The highest BCUT2D eigenvalue weighted by atomic mass is 31.2. The average Bonchev–Trinajstić information content (AvgIpc) is 3.34. The summed E-state index contributed by atoms with van der Waals surface area (Å²) in [6.45, 7) is 16.2. The maximum atomic E-state index is 14.5. The van der Waals surface area contributed by atoms with E-state index in [4.69, 9.17) is 14.2 Å². The van der Waals surface area contributed by atoms with Gasteiger partial charge >= 0.3 is 5.97 Å². The van der Waals surface area contributed by atoms with E-state index in [0.29, 0.717) is 57.3 Å². The highest BCUT2D eigenvalue weighted by molar-refractivity contribution is 7.90. The Hall–Kier alpha value is -2.12. The van der Waals surface area contributed by atoms with Gasteiger partial charge in [0.2, 0.25) is 5.92 Å². The van der Waals surface area contributed by atoms with Gasteiger partial charge in [-0.2, -0.15) is 0 Å². The number of rotatable bonds is 21. The minimum absolute atomic E-state index is 0.00505. The average molecular weight is 1050 g/mol. The number of aliphatic hydroxyl groups excluding tert-OH is 2. The van der Waals surface area contributed by atoms with Gasteiger partial charge in [0, 0.05) is 31.5 Å². The zero-order valence-electron chi connectivity index (χ0n) is 46.8. The first-order valence-electron chi connectivity index (χ1n) is 28.6. The first-order chi connectivity index (χ1) is 34.5. The van der Waals surface area contributed by atoms with E-state index in [1.807, 2.05) is 46.7 Å². The first kappa shape index (κ1) is 61.7. The fraction of sp³-hybridized carbons (Fsp3) is 0.783. The van der Waals surface area contributed by atoms with Crippen LogP contribution in [0.25, 0.3) is 0 Å². The van der Waals surface area contributed by atoms with Crippen LogP contribution < -0.4 is 10.6 Å². The molecule has 73 heavy (non-hydrogen) atoms. The number of carbonyl (C=O) groups excluding carboxylic acids is 1. The van der Waals surface area contributed by atoms with Crippen molar-refractivity contribution in [1.82, 2.24) is 9.80 Å². The summed E-state index contributed by atoms with van der Waals surface area (Å²) < 4.78 is 47.9. The second-order valence-corrected chi connectivity index (χ2v) is 27.8. The van der Waals surface area contributed by atoms with Crippen LogP contribution in [0.2, 0.25) is 0 Å². The molecule has 2 aromatic carbocycles. The second kappa shape index (κ2) is 28.5. The number of aliphatic hydroxyl groups is 4. The Kier molecular flexibility index (Phi) is 24.1. The minimum Gasteiger partial charge on any atom is -0.459 e. The Morgan fingerprint density at radius 2 is 1.30 bits per heavy atom. The molecule has 416 valence electrons. The third-order valence-corrected chi connectivity index (χ3v) is 22.5. The Labute approximate surface area is 441 Å². The number of hydrogen-bond acceptors (Lipinski definition) is 10. The van der Waals surface area contributed by atoms with Crippen molar-refractivity contribution < 1.29 is 48.2 Å². The van der Waals surface area contributed by atoms with Crippen LogP contribution in [0.3, 0.4) is 0 Å². The summed E-state index contributed by atoms with van der Waals surface area (Å²) in [6, 6.07) is 21.0. The third-order valence-electron chi connectivity index (χ3n) is 17.2. The van der Waals surface area contributed by atoms with Gasteiger partial charge in [-0.05, 0) is 142 Å². The fourth-order valence-corrected chi connectivity index (χ4v) is 18.4. The van der Waals surface area contributed by atoms with Crippen molar-refractivity contribution in [3.05, 3.63) is 60.7 Å². The molecule has 2 heterocycles. The normalized spacial score (nSPS) is 33.8. The molecular formula is C60H100F2N2O8P+. The lowest BCUT2D eigenvalue weighted by atomic mass is 9.79. The molecule has 1 saturated carbocycles. The summed E-state index contributed by atoms with van der Waals surface area (Å²) in [5.41, 5.74) is -2.79. The van der Waals surface area contributed by atoms with E-state index in [1.54, 1.807) is 20.8 Å². The highest BCUT2D eigenvalue weighted by Gasteiger charge is 2.53. The maximum Gasteiger partial charge on any atom is 0.309 e. The molecule has 0 spiro atoms. The minimum atomic E-state index is -2.55. The predicted octanol–water partition coefficient (Wildman–Crippen LogP) is 10.9. The molecule has 5 rings (SSSR count). The monoisotopic (exact) mass is 1050 g/mol. The largest absolute Gasteiger partial charge is 0.459 e. The van der Waals surface area contributed by atoms with E-state index in [0.717, 1.165) is 44.7 Å². The number of hydrogen-bond donors (Lipinski definition) is 4. The summed E-state index contributed by atoms with van der Waals surface area (Å²) in [5.74, 6) is -4.02. The Bertz CT molecular complexity index is 1840. The molecule has 0 bridgehead atoms. The van der Waals surface area contributed by atoms with Gasteiger partial charge in [0.25, 0.3) is 0 Å². The molecule has 0 amide bonds. The van der Waals surface area contributed by atoms with E-state index < -0.39 is 73.0 Å². The number of alkyl halides is 2. The lowest BCUT2D eigenvalue weighted by molar-refractivity contribution is -0.295. The first-order valence-corrected chi connectivity index (χ1v) is 30.7. The zero-order valence-corrected chi connectivity index (χ0v) is 47.7. The van der Waals surface area contributed by atoms with Crippen molar-refractivity contribution in [2.45, 2.75) is 249 Å². The van der Waals surface area contributed by atoms with E-state index in [9.17, 15) is 34.0 Å². The molecule has 0 radical (unpaired) electrons. The Morgan fingerprint density at radius 1 is 0.781 bits per heavy atom. The molecule has 3 aliphatic rings. The van der Waals surface area contributed by atoms with Crippen molar-refractivity contribution in [3.63, 3.8) is 0 Å². The molecule has 0 aromatic heterocycles. The summed E-state index contributed by atoms with van der Waals surface area (Å²) in [6.07, 6.45) is 11.4. The molecule has 4 N–H and O–H groups in total. The van der Waals surface area contributed by atoms with Gasteiger partial charge in [0.05, 0.1) is 53.4 Å². The Balaban J connectivity index is 1.14. The summed E-state index contributed by atoms with van der Waals surface area (Å²) >= 11 is 0. The van der Waals surface area contributed by atoms with Crippen LogP contribution >= 0.6 is 7.26 Å². The standard InChI is InChI=1S/C60H100F2N2O8P/c1-11-52-59(8,69)54(66)47(6)64(42-43(2)41-58(7,68)55(44(3)39-45(4)56(67)71-52)72-57-53(65)51(63(9)10)40-46(5)70-57)37-27-19-17-15-13-12-14-16-18-20-28-38-73(48-29-23-21-24-30-48,49-31-25-22-26-32-49)50-33-35-60(61,62)36-34-50/h21-26,29-32,43-47,50-55,57,65-66,68-69H,11-20,27-28,33-42H2,1-10H3/q+1/t43-,44+,45-,46-,47-,51+,52-,53-,54-,55-,57+,58-,59-/m1/s1. The van der Waals surface area contributed by atoms with E-state index >= 15 is 0 Å². The van der Waals surface area contributed by atoms with Crippen LogP contribution in [0.1, 0.15) is 177 Å². The number of halogens is 2. The van der Waals surface area contributed by atoms with Crippen LogP contribution in [0.5, 0.6) is 0 Å². The number of unbranched alkanes of at least 4 members (excludes halogenated alkanes) is 10. The summed E-state index contributed by atoms with van der Waals surface area (Å²) in [5, 5.41) is 50.6. The molecule has 13 heteroatoms. The molecule has 2 saturated heterocycles. The lowest BCUT2D eigenvalue weighted by Crippen LogP contribution is -2.59. The van der Waals surface area contributed by atoms with E-state index in [-0.39, 0.29) is 36.8 Å². The maximum absolute atomic E-state index is 14.5. The second-order valence-electron chi connectivity index (χ2n) is 23.9. The Morgan fingerprint density at radius 3 is 1.82 bits per heavy atom. The molecule has 13 atom stereocenters. The van der Waals surface area contributed by atoms with Crippen LogP contribution in [0, 0.1) is 17.8 Å². The summed E-state index contributed by atoms with van der Waals surface area (Å²) in [4.78, 5) is 17.9. The number of ether oxygens (including phenoxy) is 3. The number of cyclic esters (lactones) is 1. The summed E-state index contributed by atoms with van der Waals surface area (Å²) in [7, 11) is 1.97. The van der Waals surface area contributed by atoms with Crippen molar-refractivity contribution in [2.75, 3.05) is 33.3 Å². The lowest BCUT2D eigenvalue weighted by Gasteiger charge is -2.46. The smallest absolute Gasteiger partial charge is 0.309 e. The number of esters is 1. The SMILES string of the molecule is CC[C@H]1OC(=O)[C@H](C)C[C@H](C)[C@@H](O[C@@H]2O[C@H](C)C[C@H](N(C)C)[C@H]2O)[C@](C)(O)C[C@@H](C)CN(CCCCCCCCCCCCC[P+](c2ccccc2)(c2ccccc2)C2CCC(F)(F)CC2)[C@H](C)[C@@H](O)[C@]1(C)O. The number of benzene rings is 2. The van der Waals surface area contributed by atoms with Crippen molar-refractivity contribution >= 4 is 23.8 Å².